The topological polar surface area (TPSA) is 77.8 Å². The molecule has 4 nitrogen and oxygen atoms in total. The van der Waals surface area contributed by atoms with E-state index in [0.29, 0.717) is 6.61 Å². The SMILES string of the molecule is [CH2]C(O)C([CH]O)C(=O)O. The number of rotatable bonds is 3. The number of aliphatic carboxylic acids is 1. The molecule has 0 fully saturated rings. The standard InChI is InChI=1S/C5H8O4/c1-3(7)4(2-6)5(8)9/h2-4,6-7H,1H2,(H,8,9). The highest BCUT2D eigenvalue weighted by Crippen LogP contribution is 2.04. The Morgan fingerprint density at radius 3 is 2.11 bits per heavy atom. The zero-order valence-corrected chi connectivity index (χ0v) is 4.69. The van der Waals surface area contributed by atoms with Crippen molar-refractivity contribution < 1.29 is 20.1 Å². The van der Waals surface area contributed by atoms with Crippen molar-refractivity contribution in [2.45, 2.75) is 6.10 Å². The van der Waals surface area contributed by atoms with Crippen LogP contribution in [0, 0.1) is 19.4 Å². The van der Waals surface area contributed by atoms with Crippen molar-refractivity contribution >= 4 is 5.97 Å². The second-order valence-corrected chi connectivity index (χ2v) is 1.58. The minimum atomic E-state index is -1.30. The lowest BCUT2D eigenvalue weighted by atomic mass is 10.1. The minimum absolute atomic E-state index is 0.403. The molecule has 0 aromatic carbocycles. The fraction of sp³-hybridized carbons (Fsp3) is 0.400. The van der Waals surface area contributed by atoms with E-state index >= 15 is 0 Å². The van der Waals surface area contributed by atoms with Gasteiger partial charge in [-0.05, 0) is 6.92 Å². The number of hydrogen-bond donors (Lipinski definition) is 3. The Kier molecular flexibility index (Phi) is 3.19. The molecule has 0 amide bonds. The van der Waals surface area contributed by atoms with Crippen LogP contribution in [0.15, 0.2) is 0 Å². The van der Waals surface area contributed by atoms with Crippen LogP contribution in [-0.4, -0.2) is 27.4 Å². The fourth-order valence-corrected chi connectivity index (χ4v) is 0.328. The van der Waals surface area contributed by atoms with Crippen molar-refractivity contribution in [3.63, 3.8) is 0 Å². The molecule has 0 saturated carbocycles. The van der Waals surface area contributed by atoms with Gasteiger partial charge in [0.1, 0.15) is 5.92 Å². The number of carbonyl (C=O) groups is 1. The molecule has 0 rings (SSSR count). The molecule has 0 aliphatic rings. The Morgan fingerprint density at radius 2 is 2.11 bits per heavy atom. The van der Waals surface area contributed by atoms with Crippen molar-refractivity contribution in [1.29, 1.82) is 0 Å². The maximum atomic E-state index is 9.98. The van der Waals surface area contributed by atoms with E-state index in [2.05, 4.69) is 6.92 Å². The molecule has 2 unspecified atom stereocenters. The summed E-state index contributed by atoms with van der Waals surface area (Å²) in [5, 5.41) is 24.8. The molecule has 2 atom stereocenters. The van der Waals surface area contributed by atoms with Gasteiger partial charge in [-0.3, -0.25) is 4.79 Å². The van der Waals surface area contributed by atoms with Crippen LogP contribution in [0.2, 0.25) is 0 Å². The lowest BCUT2D eigenvalue weighted by Gasteiger charge is -2.09. The molecule has 4 heteroatoms. The summed E-state index contributed by atoms with van der Waals surface area (Å²) in [4.78, 5) is 9.98. The molecule has 0 aromatic rings. The second-order valence-electron chi connectivity index (χ2n) is 1.58. The molecule has 9 heavy (non-hydrogen) atoms. The van der Waals surface area contributed by atoms with Crippen LogP contribution < -0.4 is 0 Å². The van der Waals surface area contributed by atoms with Crippen molar-refractivity contribution in [2.24, 2.45) is 5.92 Å². The van der Waals surface area contributed by atoms with Gasteiger partial charge in [-0.25, -0.2) is 0 Å². The summed E-state index contributed by atoms with van der Waals surface area (Å²) in [7, 11) is 0. The van der Waals surface area contributed by atoms with Gasteiger partial charge in [0, 0.05) is 0 Å². The average Bonchev–Trinajstić information content (AvgIpc) is 1.64. The van der Waals surface area contributed by atoms with E-state index in [4.69, 9.17) is 15.3 Å². The molecule has 0 bridgehead atoms. The van der Waals surface area contributed by atoms with Gasteiger partial charge in [0.15, 0.2) is 0 Å². The van der Waals surface area contributed by atoms with E-state index in [1.807, 2.05) is 0 Å². The van der Waals surface area contributed by atoms with Crippen LogP contribution in [0.25, 0.3) is 0 Å². The highest BCUT2D eigenvalue weighted by atomic mass is 16.4. The van der Waals surface area contributed by atoms with Crippen molar-refractivity contribution in [1.82, 2.24) is 0 Å². The number of hydrogen-bond acceptors (Lipinski definition) is 3. The average molecular weight is 132 g/mol. The monoisotopic (exact) mass is 132 g/mol. The van der Waals surface area contributed by atoms with Crippen LogP contribution in [-0.2, 0) is 4.79 Å². The van der Waals surface area contributed by atoms with Gasteiger partial charge in [0.25, 0.3) is 0 Å². The molecule has 52 valence electrons. The maximum absolute atomic E-state index is 9.98. The number of carboxylic acid groups (broad SMARTS) is 1. The third kappa shape index (κ3) is 2.43. The van der Waals surface area contributed by atoms with Crippen molar-refractivity contribution in [2.75, 3.05) is 0 Å². The summed E-state index contributed by atoms with van der Waals surface area (Å²) in [5.74, 6) is -2.58. The Labute approximate surface area is 52.7 Å². The Hall–Kier alpha value is -0.610. The Balaban J connectivity index is 3.83. The van der Waals surface area contributed by atoms with Gasteiger partial charge in [0.05, 0.1) is 12.7 Å². The summed E-state index contributed by atoms with van der Waals surface area (Å²) in [5.41, 5.74) is 0. The molecule has 3 N–H and O–H groups in total. The Morgan fingerprint density at radius 1 is 1.67 bits per heavy atom. The van der Waals surface area contributed by atoms with Crippen molar-refractivity contribution in [3.05, 3.63) is 13.5 Å². The normalized spacial score (nSPS) is 16.8. The first-order chi connectivity index (χ1) is 4.09. The van der Waals surface area contributed by atoms with Gasteiger partial charge in [0.2, 0.25) is 0 Å². The lowest BCUT2D eigenvalue weighted by Crippen LogP contribution is -2.25. The maximum Gasteiger partial charge on any atom is 0.311 e. The molecule has 0 heterocycles. The highest BCUT2D eigenvalue weighted by Gasteiger charge is 2.21. The zero-order chi connectivity index (χ0) is 7.44. The van der Waals surface area contributed by atoms with E-state index in [9.17, 15) is 4.79 Å². The van der Waals surface area contributed by atoms with E-state index in [1.165, 1.54) is 0 Å². The third-order valence-electron chi connectivity index (χ3n) is 0.860. The molecule has 2 radical (unpaired) electrons. The van der Waals surface area contributed by atoms with Gasteiger partial charge >= 0.3 is 5.97 Å². The van der Waals surface area contributed by atoms with E-state index < -0.39 is 18.0 Å². The van der Waals surface area contributed by atoms with E-state index in [0.717, 1.165) is 0 Å². The number of aliphatic hydroxyl groups is 2. The summed E-state index contributed by atoms with van der Waals surface area (Å²) in [6, 6.07) is 0. The molecular weight excluding hydrogens is 124 g/mol. The minimum Gasteiger partial charge on any atom is -0.481 e. The smallest absolute Gasteiger partial charge is 0.311 e. The van der Waals surface area contributed by atoms with Crippen LogP contribution in [0.5, 0.6) is 0 Å². The molecule has 0 aliphatic heterocycles. The molecule has 0 saturated heterocycles. The van der Waals surface area contributed by atoms with Crippen LogP contribution in [0.1, 0.15) is 0 Å². The first kappa shape index (κ1) is 8.39. The second kappa shape index (κ2) is 3.42. The van der Waals surface area contributed by atoms with Crippen LogP contribution in [0.3, 0.4) is 0 Å². The first-order valence-electron chi connectivity index (χ1n) is 2.31. The van der Waals surface area contributed by atoms with Crippen LogP contribution in [0.4, 0.5) is 0 Å². The van der Waals surface area contributed by atoms with Gasteiger partial charge < -0.3 is 15.3 Å². The van der Waals surface area contributed by atoms with Crippen LogP contribution >= 0.6 is 0 Å². The van der Waals surface area contributed by atoms with Crippen molar-refractivity contribution in [3.8, 4) is 0 Å². The van der Waals surface area contributed by atoms with Gasteiger partial charge in [-0.2, -0.15) is 0 Å². The number of aliphatic hydroxyl groups excluding tert-OH is 2. The predicted octanol–water partition coefficient (Wildman–Crippen LogP) is -0.584. The number of carboxylic acids is 1. The summed E-state index contributed by atoms with van der Waals surface area (Å²) in [6.45, 7) is 3.42. The highest BCUT2D eigenvalue weighted by molar-refractivity contribution is 5.71. The zero-order valence-electron chi connectivity index (χ0n) is 4.69. The fourth-order valence-electron chi connectivity index (χ4n) is 0.328. The largest absolute Gasteiger partial charge is 0.481 e. The molecular formula is C5H8O4. The molecule has 0 aliphatic carbocycles. The first-order valence-corrected chi connectivity index (χ1v) is 2.31. The third-order valence-corrected chi connectivity index (χ3v) is 0.860. The van der Waals surface area contributed by atoms with Gasteiger partial charge in [-0.1, -0.05) is 0 Å². The van der Waals surface area contributed by atoms with E-state index in [-0.39, 0.29) is 0 Å². The summed E-state index contributed by atoms with van der Waals surface area (Å²) >= 11 is 0. The molecule has 0 spiro atoms. The quantitative estimate of drug-likeness (QED) is 0.480. The molecule has 0 aromatic heterocycles. The van der Waals surface area contributed by atoms with E-state index in [1.54, 1.807) is 0 Å². The Bertz CT molecular complexity index is 99.1. The lowest BCUT2D eigenvalue weighted by molar-refractivity contribution is -0.144. The predicted molar refractivity (Wildman–Crippen MR) is 28.7 cm³/mol. The van der Waals surface area contributed by atoms with Gasteiger partial charge in [-0.15, -0.1) is 0 Å². The summed E-state index contributed by atoms with van der Waals surface area (Å²) in [6.07, 6.45) is -1.30. The summed E-state index contributed by atoms with van der Waals surface area (Å²) < 4.78 is 0.